The molecule has 14 nitrogen and oxygen atoms in total. The maximum absolute atomic E-state index is 13.7. The smallest absolute Gasteiger partial charge is 0.410 e. The molecule has 0 aromatic heterocycles. The first kappa shape index (κ1) is 43.2. The lowest BCUT2D eigenvalue weighted by Gasteiger charge is -2.41. The van der Waals surface area contributed by atoms with Crippen molar-refractivity contribution in [2.45, 2.75) is 87.5 Å². The number of carbonyl (C=O) groups is 5. The van der Waals surface area contributed by atoms with Gasteiger partial charge in [-0.3, -0.25) is 29.4 Å². The minimum absolute atomic E-state index is 0.0490. The number of aliphatic hydroxyl groups excluding tert-OH is 1. The van der Waals surface area contributed by atoms with Gasteiger partial charge >= 0.3 is 6.09 Å². The van der Waals surface area contributed by atoms with Crippen LogP contribution in [0.25, 0.3) is 0 Å². The number of benzene rings is 3. The molecule has 57 heavy (non-hydrogen) atoms. The lowest BCUT2D eigenvalue weighted by Crippen LogP contribution is -2.63. The van der Waals surface area contributed by atoms with Crippen molar-refractivity contribution in [2.75, 3.05) is 32.7 Å². The molecule has 0 radical (unpaired) electrons. The molecule has 6 N–H and O–H groups in total. The molecule has 2 heterocycles. The highest BCUT2D eigenvalue weighted by Gasteiger charge is 2.49. The quantitative estimate of drug-likeness (QED) is 0.142. The van der Waals surface area contributed by atoms with Gasteiger partial charge in [-0.05, 0) is 57.9 Å². The summed E-state index contributed by atoms with van der Waals surface area (Å²) in [6.45, 7) is 10.2. The maximum atomic E-state index is 13.7. The van der Waals surface area contributed by atoms with Crippen LogP contribution >= 0.6 is 11.8 Å². The summed E-state index contributed by atoms with van der Waals surface area (Å²) >= 11 is 1.38. The van der Waals surface area contributed by atoms with Crippen LogP contribution in [-0.2, 0) is 32.1 Å². The number of thioether (sulfide) groups is 1. The van der Waals surface area contributed by atoms with E-state index in [0.29, 0.717) is 5.75 Å². The number of hydrogen-bond donors (Lipinski definition) is 6. The van der Waals surface area contributed by atoms with Gasteiger partial charge in [0.05, 0.1) is 17.9 Å². The minimum Gasteiger partial charge on any atom is -0.410 e. The summed E-state index contributed by atoms with van der Waals surface area (Å²) in [4.78, 5) is 70.5. The maximum Gasteiger partial charge on any atom is 0.415 e. The number of ether oxygens (including phenoxy) is 1. The van der Waals surface area contributed by atoms with Crippen molar-refractivity contribution < 1.29 is 33.8 Å². The average molecular weight is 802 g/mol. The van der Waals surface area contributed by atoms with Gasteiger partial charge in [-0.25, -0.2) is 4.79 Å². The number of amides is 5. The predicted molar refractivity (Wildman–Crippen MR) is 219 cm³/mol. The van der Waals surface area contributed by atoms with Crippen molar-refractivity contribution in [3.63, 3.8) is 0 Å². The second-order valence-corrected chi connectivity index (χ2v) is 17.7. The molecule has 2 aliphatic heterocycles. The number of β-amino-alcohol motifs (C(OH)–C–C–N with tert-alkyl or cyclic N) is 1. The monoisotopic (exact) mass is 801 g/mol. The van der Waals surface area contributed by atoms with Crippen LogP contribution in [0, 0.1) is 0 Å². The summed E-state index contributed by atoms with van der Waals surface area (Å²) < 4.78 is 4.82. The Labute approximate surface area is 338 Å². The zero-order valence-electron chi connectivity index (χ0n) is 33.2. The van der Waals surface area contributed by atoms with Crippen LogP contribution in [0.4, 0.5) is 4.79 Å². The summed E-state index contributed by atoms with van der Waals surface area (Å²) in [5.74, 6) is -1.01. The molecule has 5 amide bonds. The highest BCUT2D eigenvalue weighted by atomic mass is 32.2. The van der Waals surface area contributed by atoms with E-state index in [1.165, 1.54) is 16.7 Å². The molecule has 5 rings (SSSR count). The van der Waals surface area contributed by atoms with Crippen LogP contribution < -0.4 is 31.3 Å². The Balaban J connectivity index is 1.20. The van der Waals surface area contributed by atoms with Gasteiger partial charge in [0.1, 0.15) is 23.9 Å². The fourth-order valence-corrected chi connectivity index (χ4v) is 8.24. The Hall–Kier alpha value is -4.96. The first-order valence-electron chi connectivity index (χ1n) is 19.2. The molecule has 2 fully saturated rings. The SMILES string of the molecule is CC(C)(C)NC(=O)[C@H]1CN(C(=O)Oc2ccccc2)CCN1C[C@@H](O)CNC(=O)[C@@H]1N[C@@H](C(NC(=O)Cc2ccccc2)C(=O)NCc2ccccc2)SC1(C)C. The van der Waals surface area contributed by atoms with Crippen LogP contribution in [-0.4, -0.2) is 117 Å². The predicted octanol–water partition coefficient (Wildman–Crippen LogP) is 2.42. The van der Waals surface area contributed by atoms with Crippen molar-refractivity contribution in [3.05, 3.63) is 102 Å². The molecular formula is C42H55N7O7S. The highest BCUT2D eigenvalue weighted by Crippen LogP contribution is 2.39. The molecule has 306 valence electrons. The van der Waals surface area contributed by atoms with E-state index in [4.69, 9.17) is 4.74 Å². The van der Waals surface area contributed by atoms with Crippen LogP contribution in [0.3, 0.4) is 0 Å². The third-order valence-electron chi connectivity index (χ3n) is 9.59. The summed E-state index contributed by atoms with van der Waals surface area (Å²) in [6.07, 6.45) is -1.54. The van der Waals surface area contributed by atoms with E-state index < -0.39 is 51.9 Å². The third kappa shape index (κ3) is 12.8. The number of nitrogens with zero attached hydrogens (tertiary/aromatic N) is 2. The van der Waals surface area contributed by atoms with Gasteiger partial charge in [-0.15, -0.1) is 11.8 Å². The van der Waals surface area contributed by atoms with E-state index in [-0.39, 0.29) is 63.4 Å². The van der Waals surface area contributed by atoms with Gasteiger partial charge in [-0.2, -0.15) is 0 Å². The molecule has 5 atom stereocenters. The molecule has 3 aromatic rings. The number of para-hydroxylation sites is 1. The van der Waals surface area contributed by atoms with Gasteiger partial charge in [-0.1, -0.05) is 78.9 Å². The Morgan fingerprint density at radius 3 is 2.12 bits per heavy atom. The van der Waals surface area contributed by atoms with Gasteiger partial charge in [0.2, 0.25) is 23.6 Å². The van der Waals surface area contributed by atoms with Crippen molar-refractivity contribution in [1.29, 1.82) is 0 Å². The van der Waals surface area contributed by atoms with Gasteiger partial charge in [0, 0.05) is 49.6 Å². The molecule has 2 saturated heterocycles. The number of aliphatic hydroxyl groups is 1. The van der Waals surface area contributed by atoms with E-state index in [1.807, 2.05) is 106 Å². The summed E-state index contributed by atoms with van der Waals surface area (Å²) in [6, 6.07) is 24.8. The summed E-state index contributed by atoms with van der Waals surface area (Å²) in [7, 11) is 0. The first-order chi connectivity index (χ1) is 27.1. The zero-order valence-corrected chi connectivity index (χ0v) is 34.0. The molecule has 15 heteroatoms. The third-order valence-corrected chi connectivity index (χ3v) is 11.1. The van der Waals surface area contributed by atoms with E-state index >= 15 is 0 Å². The highest BCUT2D eigenvalue weighted by molar-refractivity contribution is 8.01. The van der Waals surface area contributed by atoms with Crippen LogP contribution in [0.1, 0.15) is 45.7 Å². The normalized spacial score (nSPS) is 20.5. The van der Waals surface area contributed by atoms with Crippen LogP contribution in [0.2, 0.25) is 0 Å². The molecule has 3 aromatic carbocycles. The molecule has 0 spiro atoms. The second-order valence-electron chi connectivity index (χ2n) is 15.9. The average Bonchev–Trinajstić information content (AvgIpc) is 3.50. The van der Waals surface area contributed by atoms with E-state index in [2.05, 4.69) is 26.6 Å². The molecular weight excluding hydrogens is 747 g/mol. The van der Waals surface area contributed by atoms with Crippen LogP contribution in [0.15, 0.2) is 91.0 Å². The van der Waals surface area contributed by atoms with Crippen molar-refractivity contribution in [1.82, 2.24) is 36.4 Å². The number of rotatable bonds is 14. The molecule has 2 aliphatic rings. The van der Waals surface area contributed by atoms with Crippen molar-refractivity contribution >= 4 is 41.5 Å². The lowest BCUT2D eigenvalue weighted by molar-refractivity contribution is -0.131. The summed E-state index contributed by atoms with van der Waals surface area (Å²) in [5.41, 5.74) is 1.16. The number of piperazine rings is 1. The number of carbonyl (C=O) groups excluding carboxylic acids is 5. The van der Waals surface area contributed by atoms with Gasteiger partial charge < -0.3 is 36.0 Å². The zero-order chi connectivity index (χ0) is 41.2. The van der Waals surface area contributed by atoms with E-state index in [0.717, 1.165) is 11.1 Å². The molecule has 0 saturated carbocycles. The van der Waals surface area contributed by atoms with Crippen LogP contribution in [0.5, 0.6) is 5.75 Å². The van der Waals surface area contributed by atoms with E-state index in [1.54, 1.807) is 24.3 Å². The second kappa shape index (κ2) is 19.5. The van der Waals surface area contributed by atoms with Gasteiger partial charge in [0.15, 0.2) is 0 Å². The molecule has 0 bridgehead atoms. The topological polar surface area (TPSA) is 181 Å². The Kier molecular flexibility index (Phi) is 14.7. The fourth-order valence-electron chi connectivity index (χ4n) is 6.75. The Bertz CT molecular complexity index is 1830. The number of hydrogen-bond acceptors (Lipinski definition) is 10. The standard InChI is InChI=1S/C42H55N7O7S/c1-41(2,3)47-36(52)32-27-49(40(55)56-31-19-13-8-14-20-31)22-21-48(32)26-30(50)25-44-38(54)35-42(4,5)57-39(46-35)34(37(53)43-24-29-17-11-7-12-18-29)45-33(51)23-28-15-9-6-10-16-28/h6-20,30,32,34-35,39,46,50H,21-27H2,1-5H3,(H,43,53)(H,44,54)(H,45,51)(H,47,52)/t30-,32+,34?,35-,39+/m0/s1. The molecule has 1 unspecified atom stereocenters. The fraction of sp³-hybridized carbons (Fsp3) is 0.452. The Morgan fingerprint density at radius 1 is 0.877 bits per heavy atom. The first-order valence-corrected chi connectivity index (χ1v) is 20.1. The largest absolute Gasteiger partial charge is 0.415 e. The lowest BCUT2D eigenvalue weighted by atomic mass is 10.0. The minimum atomic E-state index is -1.05. The number of nitrogens with one attached hydrogen (secondary N) is 5. The summed E-state index contributed by atoms with van der Waals surface area (Å²) in [5, 5.41) is 25.5. The Morgan fingerprint density at radius 2 is 1.49 bits per heavy atom. The van der Waals surface area contributed by atoms with E-state index in [9.17, 15) is 29.1 Å². The van der Waals surface area contributed by atoms with Gasteiger partial charge in [0.25, 0.3) is 0 Å². The van der Waals surface area contributed by atoms with Crippen molar-refractivity contribution in [2.24, 2.45) is 0 Å². The molecule has 0 aliphatic carbocycles. The van der Waals surface area contributed by atoms with Crippen molar-refractivity contribution in [3.8, 4) is 5.75 Å².